The first-order valence-electron chi connectivity index (χ1n) is 7.14. The van der Waals surface area contributed by atoms with Gasteiger partial charge in [0.1, 0.15) is 6.04 Å². The van der Waals surface area contributed by atoms with Crippen LogP contribution in [0.25, 0.3) is 0 Å². The molecule has 0 aliphatic rings. The Hall–Kier alpha value is -1.49. The minimum Gasteiger partial charge on any atom is -0.353 e. The zero-order valence-electron chi connectivity index (χ0n) is 13.1. The number of rotatable bonds is 7. The van der Waals surface area contributed by atoms with Gasteiger partial charge in [0.05, 0.1) is 0 Å². The Morgan fingerprint density at radius 2 is 1.81 bits per heavy atom. The maximum absolute atomic E-state index is 12.0. The molecule has 1 atom stereocenters. The molecule has 4 nitrogen and oxygen atoms in total. The molecule has 0 spiro atoms. The molecule has 0 heterocycles. The molecular weight excluding hydrogens is 284 g/mol. The number of benzene rings is 1. The molecule has 0 saturated carbocycles. The Labute approximate surface area is 131 Å². The average molecular weight is 308 g/mol. The molecule has 5 heteroatoms. The van der Waals surface area contributed by atoms with Crippen molar-refractivity contribution in [3.05, 3.63) is 29.8 Å². The van der Waals surface area contributed by atoms with Gasteiger partial charge in [0.2, 0.25) is 11.8 Å². The molecule has 2 amide bonds. The maximum atomic E-state index is 12.0. The summed E-state index contributed by atoms with van der Waals surface area (Å²) in [6.07, 6.45) is 0. The first-order valence-corrected chi connectivity index (χ1v) is 8.13. The number of amides is 2. The van der Waals surface area contributed by atoms with Crippen molar-refractivity contribution in [3.63, 3.8) is 0 Å². The van der Waals surface area contributed by atoms with Crippen LogP contribution >= 0.6 is 11.8 Å². The monoisotopic (exact) mass is 308 g/mol. The van der Waals surface area contributed by atoms with E-state index in [1.807, 2.05) is 13.8 Å². The summed E-state index contributed by atoms with van der Waals surface area (Å²) in [5, 5.41) is 5.56. The van der Waals surface area contributed by atoms with Crippen molar-refractivity contribution in [1.82, 2.24) is 10.6 Å². The zero-order chi connectivity index (χ0) is 15.8. The molecule has 2 N–H and O–H groups in total. The summed E-state index contributed by atoms with van der Waals surface area (Å²) in [6.45, 7) is 7.90. The highest BCUT2D eigenvalue weighted by Crippen LogP contribution is 2.17. The maximum Gasteiger partial charge on any atom is 0.242 e. The number of thioether (sulfide) groups is 1. The van der Waals surface area contributed by atoms with Gasteiger partial charge in [0.15, 0.2) is 0 Å². The second-order valence-corrected chi connectivity index (χ2v) is 6.54. The van der Waals surface area contributed by atoms with Crippen molar-refractivity contribution in [2.24, 2.45) is 5.92 Å². The minimum atomic E-state index is -0.466. The van der Waals surface area contributed by atoms with Crippen LogP contribution in [0.1, 0.15) is 26.3 Å². The van der Waals surface area contributed by atoms with Crippen LogP contribution in [0.5, 0.6) is 0 Å². The average Bonchev–Trinajstić information content (AvgIpc) is 2.42. The van der Waals surface area contributed by atoms with Crippen molar-refractivity contribution >= 4 is 23.6 Å². The van der Waals surface area contributed by atoms with Gasteiger partial charge in [-0.05, 0) is 25.0 Å². The predicted octanol–water partition coefficient (Wildman–Crippen LogP) is 2.36. The van der Waals surface area contributed by atoms with Gasteiger partial charge in [-0.3, -0.25) is 9.59 Å². The number of nitrogens with one attached hydrogen (secondary N) is 2. The molecule has 116 valence electrons. The Balaban J connectivity index is 2.34. The van der Waals surface area contributed by atoms with E-state index in [4.69, 9.17) is 0 Å². The van der Waals surface area contributed by atoms with Crippen LogP contribution in [-0.4, -0.2) is 30.2 Å². The summed E-state index contributed by atoms with van der Waals surface area (Å²) in [7, 11) is 0. The first kappa shape index (κ1) is 17.6. The Bertz CT molecular complexity index is 472. The third-order valence-electron chi connectivity index (χ3n) is 3.00. The van der Waals surface area contributed by atoms with Crippen molar-refractivity contribution in [3.8, 4) is 0 Å². The highest BCUT2D eigenvalue weighted by atomic mass is 32.2. The lowest BCUT2D eigenvalue weighted by Gasteiger charge is -2.20. The molecule has 0 fully saturated rings. The topological polar surface area (TPSA) is 58.2 Å². The van der Waals surface area contributed by atoms with Gasteiger partial charge in [-0.2, -0.15) is 0 Å². The van der Waals surface area contributed by atoms with Crippen LogP contribution in [0.3, 0.4) is 0 Å². The largest absolute Gasteiger partial charge is 0.353 e. The lowest BCUT2D eigenvalue weighted by molar-refractivity contribution is -0.129. The van der Waals surface area contributed by atoms with Gasteiger partial charge in [-0.25, -0.2) is 0 Å². The molecule has 0 aliphatic heterocycles. The van der Waals surface area contributed by atoms with Gasteiger partial charge < -0.3 is 10.6 Å². The van der Waals surface area contributed by atoms with Crippen LogP contribution in [-0.2, 0) is 9.59 Å². The van der Waals surface area contributed by atoms with Gasteiger partial charge >= 0.3 is 0 Å². The van der Waals surface area contributed by atoms with E-state index in [0.717, 1.165) is 5.75 Å². The summed E-state index contributed by atoms with van der Waals surface area (Å²) in [5.41, 5.74) is 1.24. The second-order valence-electron chi connectivity index (χ2n) is 5.37. The molecule has 1 rings (SSSR count). The number of carbonyl (C=O) groups excluding carboxylic acids is 2. The van der Waals surface area contributed by atoms with E-state index in [9.17, 15) is 9.59 Å². The van der Waals surface area contributed by atoms with Gasteiger partial charge in [-0.15, -0.1) is 11.8 Å². The van der Waals surface area contributed by atoms with Crippen molar-refractivity contribution in [1.29, 1.82) is 0 Å². The van der Waals surface area contributed by atoms with Gasteiger partial charge in [-0.1, -0.05) is 31.5 Å². The predicted molar refractivity (Wildman–Crippen MR) is 87.4 cm³/mol. The van der Waals surface area contributed by atoms with Crippen LogP contribution < -0.4 is 10.6 Å². The van der Waals surface area contributed by atoms with E-state index in [0.29, 0.717) is 6.54 Å². The van der Waals surface area contributed by atoms with E-state index in [1.165, 1.54) is 17.4 Å². The highest BCUT2D eigenvalue weighted by molar-refractivity contribution is 7.99. The standard InChI is InChI=1S/C16H24N2O2S/c1-11(2)15(18-13(4)19)16(20)17-9-10-21-14-7-5-12(3)6-8-14/h5-8,11,15H,9-10H2,1-4H3,(H,17,20)(H,18,19). The third-order valence-corrected chi connectivity index (χ3v) is 4.01. The zero-order valence-corrected chi connectivity index (χ0v) is 13.9. The van der Waals surface area contributed by atoms with E-state index >= 15 is 0 Å². The fourth-order valence-electron chi connectivity index (χ4n) is 1.84. The second kappa shape index (κ2) is 8.72. The fourth-order valence-corrected chi connectivity index (χ4v) is 2.61. The molecular formula is C16H24N2O2S. The van der Waals surface area contributed by atoms with Crippen LogP contribution in [0, 0.1) is 12.8 Å². The fraction of sp³-hybridized carbons (Fsp3) is 0.500. The Morgan fingerprint density at radius 1 is 1.19 bits per heavy atom. The minimum absolute atomic E-state index is 0.0682. The summed E-state index contributed by atoms with van der Waals surface area (Å²) < 4.78 is 0. The van der Waals surface area contributed by atoms with Gasteiger partial charge in [0, 0.05) is 24.1 Å². The summed E-state index contributed by atoms with van der Waals surface area (Å²) >= 11 is 1.70. The normalized spacial score (nSPS) is 12.0. The Morgan fingerprint density at radius 3 is 2.33 bits per heavy atom. The molecule has 0 saturated heterocycles. The molecule has 0 aliphatic carbocycles. The van der Waals surface area contributed by atoms with E-state index in [-0.39, 0.29) is 17.7 Å². The SMILES string of the molecule is CC(=O)NC(C(=O)NCCSc1ccc(C)cc1)C(C)C. The van der Waals surface area contributed by atoms with Crippen LogP contribution in [0.2, 0.25) is 0 Å². The molecule has 1 aromatic carbocycles. The lowest BCUT2D eigenvalue weighted by atomic mass is 10.0. The quantitative estimate of drug-likeness (QED) is 0.600. The first-order chi connectivity index (χ1) is 9.90. The van der Waals surface area contributed by atoms with E-state index in [2.05, 4.69) is 41.8 Å². The molecule has 1 aromatic rings. The molecule has 0 bridgehead atoms. The highest BCUT2D eigenvalue weighted by Gasteiger charge is 2.22. The molecule has 0 radical (unpaired) electrons. The summed E-state index contributed by atoms with van der Waals surface area (Å²) in [4.78, 5) is 24.3. The Kier molecular flexibility index (Phi) is 7.29. The van der Waals surface area contributed by atoms with E-state index in [1.54, 1.807) is 11.8 Å². The smallest absolute Gasteiger partial charge is 0.242 e. The number of aryl methyl sites for hydroxylation is 1. The van der Waals surface area contributed by atoms with E-state index < -0.39 is 6.04 Å². The van der Waals surface area contributed by atoms with Crippen LogP contribution in [0.4, 0.5) is 0 Å². The molecule has 0 aromatic heterocycles. The van der Waals surface area contributed by atoms with Crippen molar-refractivity contribution in [2.75, 3.05) is 12.3 Å². The number of hydrogen-bond donors (Lipinski definition) is 2. The third kappa shape index (κ3) is 6.67. The summed E-state index contributed by atoms with van der Waals surface area (Å²) in [6, 6.07) is 7.84. The number of hydrogen-bond acceptors (Lipinski definition) is 3. The van der Waals surface area contributed by atoms with Gasteiger partial charge in [0.25, 0.3) is 0 Å². The van der Waals surface area contributed by atoms with Crippen molar-refractivity contribution in [2.45, 2.75) is 38.6 Å². The van der Waals surface area contributed by atoms with Crippen LogP contribution in [0.15, 0.2) is 29.2 Å². The lowest BCUT2D eigenvalue weighted by Crippen LogP contribution is -2.49. The summed E-state index contributed by atoms with van der Waals surface area (Å²) in [5.74, 6) is 0.570. The number of carbonyl (C=O) groups is 2. The van der Waals surface area contributed by atoms with Crippen molar-refractivity contribution < 1.29 is 9.59 Å². The molecule has 1 unspecified atom stereocenters. The molecule has 21 heavy (non-hydrogen) atoms.